The summed E-state index contributed by atoms with van der Waals surface area (Å²) in [5.74, 6) is -0.207. The SMILES string of the molecule is Cc1ccc(-c2cccc(Br)c2F)cc1. The van der Waals surface area contributed by atoms with E-state index in [0.717, 1.165) is 5.56 Å². The molecule has 2 rings (SSSR count). The van der Waals surface area contributed by atoms with Crippen LogP contribution in [0.4, 0.5) is 4.39 Å². The molecule has 0 spiro atoms. The number of hydrogen-bond donors (Lipinski definition) is 0. The Labute approximate surface area is 96.9 Å². The molecule has 0 unspecified atom stereocenters. The lowest BCUT2D eigenvalue weighted by molar-refractivity contribution is 0.624. The van der Waals surface area contributed by atoms with Gasteiger partial charge in [-0.15, -0.1) is 0 Å². The van der Waals surface area contributed by atoms with E-state index in [2.05, 4.69) is 15.9 Å². The average molecular weight is 265 g/mol. The first-order valence-electron chi connectivity index (χ1n) is 4.69. The standard InChI is InChI=1S/C13H10BrF/c1-9-5-7-10(8-6-9)11-3-2-4-12(14)13(11)15/h2-8H,1H3. The molecule has 0 bridgehead atoms. The van der Waals surface area contributed by atoms with Crippen molar-refractivity contribution in [1.29, 1.82) is 0 Å². The molecule has 0 atom stereocenters. The zero-order valence-corrected chi connectivity index (χ0v) is 9.88. The maximum atomic E-state index is 13.7. The Bertz CT molecular complexity index is 474. The highest BCUT2D eigenvalue weighted by atomic mass is 79.9. The zero-order chi connectivity index (χ0) is 10.8. The van der Waals surface area contributed by atoms with Crippen molar-refractivity contribution in [2.24, 2.45) is 0 Å². The summed E-state index contributed by atoms with van der Waals surface area (Å²) in [6, 6.07) is 13.1. The van der Waals surface area contributed by atoms with Crippen LogP contribution in [0, 0.1) is 12.7 Å². The third-order valence-electron chi connectivity index (χ3n) is 2.31. The highest BCUT2D eigenvalue weighted by molar-refractivity contribution is 9.10. The van der Waals surface area contributed by atoms with Crippen LogP contribution in [-0.4, -0.2) is 0 Å². The molecule has 0 nitrogen and oxygen atoms in total. The molecule has 0 heterocycles. The molecule has 0 saturated carbocycles. The molecule has 0 aliphatic rings. The first-order valence-corrected chi connectivity index (χ1v) is 5.49. The number of hydrogen-bond acceptors (Lipinski definition) is 0. The minimum absolute atomic E-state index is 0.207. The van der Waals surface area contributed by atoms with Crippen molar-refractivity contribution in [3.05, 3.63) is 58.3 Å². The molecule has 0 N–H and O–H groups in total. The van der Waals surface area contributed by atoms with Crippen LogP contribution >= 0.6 is 15.9 Å². The molecule has 0 aliphatic carbocycles. The minimum Gasteiger partial charge on any atom is -0.205 e. The van der Waals surface area contributed by atoms with Crippen LogP contribution in [0.3, 0.4) is 0 Å². The molecular weight excluding hydrogens is 255 g/mol. The van der Waals surface area contributed by atoms with E-state index in [1.807, 2.05) is 37.3 Å². The highest BCUT2D eigenvalue weighted by Gasteiger charge is 2.07. The lowest BCUT2D eigenvalue weighted by Crippen LogP contribution is -1.85. The highest BCUT2D eigenvalue weighted by Crippen LogP contribution is 2.27. The first-order chi connectivity index (χ1) is 7.18. The summed E-state index contributed by atoms with van der Waals surface area (Å²) in [4.78, 5) is 0. The van der Waals surface area contributed by atoms with Crippen molar-refractivity contribution in [2.75, 3.05) is 0 Å². The van der Waals surface area contributed by atoms with Crippen LogP contribution in [0.25, 0.3) is 11.1 Å². The second-order valence-electron chi connectivity index (χ2n) is 3.47. The van der Waals surface area contributed by atoms with Crippen LogP contribution < -0.4 is 0 Å². The van der Waals surface area contributed by atoms with Gasteiger partial charge in [0, 0.05) is 5.56 Å². The molecule has 2 aromatic rings. The molecule has 0 fully saturated rings. The van der Waals surface area contributed by atoms with E-state index in [1.54, 1.807) is 12.1 Å². The molecule has 15 heavy (non-hydrogen) atoms. The second-order valence-corrected chi connectivity index (χ2v) is 4.32. The van der Waals surface area contributed by atoms with E-state index in [9.17, 15) is 4.39 Å². The Hall–Kier alpha value is -1.15. The van der Waals surface area contributed by atoms with Gasteiger partial charge in [0.05, 0.1) is 4.47 Å². The van der Waals surface area contributed by atoms with Gasteiger partial charge in [-0.05, 0) is 34.5 Å². The largest absolute Gasteiger partial charge is 0.205 e. The maximum Gasteiger partial charge on any atom is 0.145 e. The molecular formula is C13H10BrF. The van der Waals surface area contributed by atoms with Gasteiger partial charge in [-0.3, -0.25) is 0 Å². The van der Waals surface area contributed by atoms with E-state index in [-0.39, 0.29) is 5.82 Å². The zero-order valence-electron chi connectivity index (χ0n) is 8.30. The van der Waals surface area contributed by atoms with Gasteiger partial charge in [0.15, 0.2) is 0 Å². The second kappa shape index (κ2) is 4.15. The van der Waals surface area contributed by atoms with Crippen LogP contribution in [-0.2, 0) is 0 Å². The average Bonchev–Trinajstić information content (AvgIpc) is 2.24. The van der Waals surface area contributed by atoms with Gasteiger partial charge in [0.1, 0.15) is 5.82 Å². The smallest absolute Gasteiger partial charge is 0.145 e. The summed E-state index contributed by atoms with van der Waals surface area (Å²) in [5, 5.41) is 0. The Morgan fingerprint density at radius 3 is 2.33 bits per heavy atom. The Morgan fingerprint density at radius 2 is 1.67 bits per heavy atom. The lowest BCUT2D eigenvalue weighted by Gasteiger charge is -2.05. The summed E-state index contributed by atoms with van der Waals surface area (Å²) in [6.07, 6.45) is 0. The molecule has 0 saturated heterocycles. The fraction of sp³-hybridized carbons (Fsp3) is 0.0769. The first kappa shape index (κ1) is 10.4. The normalized spacial score (nSPS) is 10.3. The molecule has 0 aliphatic heterocycles. The van der Waals surface area contributed by atoms with E-state index in [1.165, 1.54) is 5.56 Å². The van der Waals surface area contributed by atoms with Crippen molar-refractivity contribution in [3.63, 3.8) is 0 Å². The molecule has 2 heteroatoms. The summed E-state index contributed by atoms with van der Waals surface area (Å²) < 4.78 is 14.2. The third-order valence-corrected chi connectivity index (χ3v) is 2.93. The van der Waals surface area contributed by atoms with E-state index < -0.39 is 0 Å². The Balaban J connectivity index is 2.54. The van der Waals surface area contributed by atoms with Crippen molar-refractivity contribution in [3.8, 4) is 11.1 Å². The van der Waals surface area contributed by atoms with Gasteiger partial charge in [-0.2, -0.15) is 0 Å². The van der Waals surface area contributed by atoms with Crippen molar-refractivity contribution >= 4 is 15.9 Å². The van der Waals surface area contributed by atoms with Crippen molar-refractivity contribution in [1.82, 2.24) is 0 Å². The third kappa shape index (κ3) is 2.10. The Morgan fingerprint density at radius 1 is 1.00 bits per heavy atom. The number of aryl methyl sites for hydroxylation is 1. The maximum absolute atomic E-state index is 13.7. The summed E-state index contributed by atoms with van der Waals surface area (Å²) in [6.45, 7) is 2.01. The van der Waals surface area contributed by atoms with Gasteiger partial charge in [-0.25, -0.2) is 4.39 Å². The van der Waals surface area contributed by atoms with Crippen LogP contribution in [0.5, 0.6) is 0 Å². The fourth-order valence-corrected chi connectivity index (χ4v) is 1.83. The monoisotopic (exact) mass is 264 g/mol. The Kier molecular flexibility index (Phi) is 2.87. The van der Waals surface area contributed by atoms with E-state index in [0.29, 0.717) is 10.0 Å². The fourth-order valence-electron chi connectivity index (χ4n) is 1.46. The summed E-state index contributed by atoms with van der Waals surface area (Å²) in [7, 11) is 0. The van der Waals surface area contributed by atoms with Crippen LogP contribution in [0.1, 0.15) is 5.56 Å². The molecule has 2 aromatic carbocycles. The predicted molar refractivity (Wildman–Crippen MR) is 64.3 cm³/mol. The van der Waals surface area contributed by atoms with E-state index in [4.69, 9.17) is 0 Å². The van der Waals surface area contributed by atoms with E-state index >= 15 is 0 Å². The van der Waals surface area contributed by atoms with Crippen molar-refractivity contribution in [2.45, 2.75) is 6.92 Å². The predicted octanol–water partition coefficient (Wildman–Crippen LogP) is 4.56. The number of benzene rings is 2. The van der Waals surface area contributed by atoms with Gasteiger partial charge in [-0.1, -0.05) is 42.0 Å². The molecule has 0 aromatic heterocycles. The van der Waals surface area contributed by atoms with Gasteiger partial charge >= 0.3 is 0 Å². The molecule has 0 amide bonds. The van der Waals surface area contributed by atoms with Gasteiger partial charge in [0.25, 0.3) is 0 Å². The molecule has 76 valence electrons. The van der Waals surface area contributed by atoms with Crippen LogP contribution in [0.2, 0.25) is 0 Å². The quantitative estimate of drug-likeness (QED) is 0.708. The summed E-state index contributed by atoms with van der Waals surface area (Å²) >= 11 is 3.18. The molecule has 0 radical (unpaired) electrons. The van der Waals surface area contributed by atoms with Gasteiger partial charge in [0.2, 0.25) is 0 Å². The number of rotatable bonds is 1. The van der Waals surface area contributed by atoms with Gasteiger partial charge < -0.3 is 0 Å². The topological polar surface area (TPSA) is 0 Å². The van der Waals surface area contributed by atoms with Crippen LogP contribution in [0.15, 0.2) is 46.9 Å². The number of halogens is 2. The summed E-state index contributed by atoms with van der Waals surface area (Å²) in [5.41, 5.74) is 2.71. The van der Waals surface area contributed by atoms with Crippen molar-refractivity contribution < 1.29 is 4.39 Å². The lowest BCUT2D eigenvalue weighted by atomic mass is 10.0. The minimum atomic E-state index is -0.207.